The molecule has 1 aromatic heterocycles. The lowest BCUT2D eigenvalue weighted by Gasteiger charge is -2.13. The maximum atomic E-state index is 11.5. The molecule has 0 saturated carbocycles. The second kappa shape index (κ2) is 6.78. The van der Waals surface area contributed by atoms with Crippen LogP contribution >= 0.6 is 22.9 Å². The maximum absolute atomic E-state index is 11.5. The molecule has 2 rings (SSSR count). The largest absolute Gasteiger partial charge is 0.490 e. The molecule has 1 aromatic carbocycles. The summed E-state index contributed by atoms with van der Waals surface area (Å²) in [7, 11) is 0. The predicted octanol–water partition coefficient (Wildman–Crippen LogP) is 4.81. The Hall–Kier alpha value is -1.78. The summed E-state index contributed by atoms with van der Waals surface area (Å²) in [5.41, 5.74) is 0.878. The first-order valence-corrected chi connectivity index (χ1v) is 7.68. The van der Waals surface area contributed by atoms with Crippen LogP contribution < -0.4 is 4.74 Å². The summed E-state index contributed by atoms with van der Waals surface area (Å²) >= 11 is 7.39. The van der Waals surface area contributed by atoms with Crippen molar-refractivity contribution in [2.75, 3.05) is 0 Å². The second-order valence-corrected chi connectivity index (χ2v) is 6.07. The SMILES string of the molecule is CC(C)Oc1ccc(Cl)cc1/C=C(\C(=O)O)c1cccs1. The first-order valence-electron chi connectivity index (χ1n) is 6.42. The van der Waals surface area contributed by atoms with Gasteiger partial charge in [-0.25, -0.2) is 4.79 Å². The Balaban J connectivity index is 2.50. The molecule has 0 fully saturated rings. The lowest BCUT2D eigenvalue weighted by molar-refractivity contribution is -0.130. The quantitative estimate of drug-likeness (QED) is 0.803. The molecule has 0 bridgehead atoms. The fourth-order valence-corrected chi connectivity index (χ4v) is 2.73. The summed E-state index contributed by atoms with van der Waals surface area (Å²) in [6, 6.07) is 8.78. The summed E-state index contributed by atoms with van der Waals surface area (Å²) in [5.74, 6) is -0.363. The van der Waals surface area contributed by atoms with Crippen molar-refractivity contribution < 1.29 is 14.6 Å². The van der Waals surface area contributed by atoms with Gasteiger partial charge in [0.2, 0.25) is 0 Å². The van der Waals surface area contributed by atoms with E-state index in [4.69, 9.17) is 16.3 Å². The van der Waals surface area contributed by atoms with Gasteiger partial charge in [0.25, 0.3) is 0 Å². The van der Waals surface area contributed by atoms with Gasteiger partial charge in [-0.3, -0.25) is 0 Å². The molecule has 1 N–H and O–H groups in total. The van der Waals surface area contributed by atoms with Crippen molar-refractivity contribution in [1.82, 2.24) is 0 Å². The van der Waals surface area contributed by atoms with Crippen LogP contribution in [0.25, 0.3) is 11.6 Å². The van der Waals surface area contributed by atoms with Crippen LogP contribution in [0.5, 0.6) is 5.75 Å². The van der Waals surface area contributed by atoms with Crippen molar-refractivity contribution in [2.24, 2.45) is 0 Å². The number of thiophene rings is 1. The molecule has 110 valence electrons. The Morgan fingerprint density at radius 2 is 2.14 bits per heavy atom. The molecule has 0 aliphatic heterocycles. The first kappa shape index (κ1) is 15.6. The minimum absolute atomic E-state index is 0.00617. The number of hydrogen-bond acceptors (Lipinski definition) is 3. The third kappa shape index (κ3) is 4.09. The highest BCUT2D eigenvalue weighted by Crippen LogP contribution is 2.30. The lowest BCUT2D eigenvalue weighted by atomic mass is 10.1. The number of benzene rings is 1. The smallest absolute Gasteiger partial charge is 0.337 e. The number of aliphatic carboxylic acids is 1. The molecule has 0 spiro atoms. The molecule has 0 amide bonds. The van der Waals surface area contributed by atoms with Crippen molar-refractivity contribution in [3.05, 3.63) is 51.2 Å². The molecule has 0 aliphatic rings. The number of carboxylic acid groups (broad SMARTS) is 1. The topological polar surface area (TPSA) is 46.5 Å². The molecule has 0 aliphatic carbocycles. The van der Waals surface area contributed by atoms with Gasteiger partial charge in [-0.15, -0.1) is 11.3 Å². The van der Waals surface area contributed by atoms with E-state index < -0.39 is 5.97 Å². The monoisotopic (exact) mass is 322 g/mol. The third-order valence-electron chi connectivity index (χ3n) is 2.65. The predicted molar refractivity (Wildman–Crippen MR) is 87.0 cm³/mol. The van der Waals surface area contributed by atoms with E-state index in [-0.39, 0.29) is 11.7 Å². The zero-order valence-corrected chi connectivity index (χ0v) is 13.2. The minimum atomic E-state index is -0.979. The fraction of sp³-hybridized carbons (Fsp3) is 0.188. The lowest BCUT2D eigenvalue weighted by Crippen LogP contribution is -2.07. The Bertz CT molecular complexity index is 660. The number of carbonyl (C=O) groups is 1. The van der Waals surface area contributed by atoms with Gasteiger partial charge in [-0.05, 0) is 49.6 Å². The minimum Gasteiger partial charge on any atom is -0.490 e. The van der Waals surface area contributed by atoms with Crippen LogP contribution in [0.15, 0.2) is 35.7 Å². The van der Waals surface area contributed by atoms with Crippen LogP contribution in [0.3, 0.4) is 0 Å². The van der Waals surface area contributed by atoms with Crippen LogP contribution in [0.4, 0.5) is 0 Å². The molecular weight excluding hydrogens is 308 g/mol. The second-order valence-electron chi connectivity index (χ2n) is 4.69. The molecule has 5 heteroatoms. The van der Waals surface area contributed by atoms with E-state index in [9.17, 15) is 9.90 Å². The van der Waals surface area contributed by atoms with Gasteiger partial charge in [0, 0.05) is 15.5 Å². The average molecular weight is 323 g/mol. The Morgan fingerprint density at radius 3 is 2.71 bits per heavy atom. The summed E-state index contributed by atoms with van der Waals surface area (Å²) in [6.45, 7) is 3.83. The zero-order valence-electron chi connectivity index (χ0n) is 11.7. The molecule has 3 nitrogen and oxygen atoms in total. The van der Waals surface area contributed by atoms with E-state index in [0.717, 1.165) is 0 Å². The summed E-state index contributed by atoms with van der Waals surface area (Å²) in [5, 5.41) is 11.8. The molecular formula is C16H15ClO3S. The van der Waals surface area contributed by atoms with Crippen molar-refractivity contribution in [3.63, 3.8) is 0 Å². The van der Waals surface area contributed by atoms with Gasteiger partial charge in [0.1, 0.15) is 5.75 Å². The van der Waals surface area contributed by atoms with E-state index in [1.54, 1.807) is 30.3 Å². The van der Waals surface area contributed by atoms with Crippen molar-refractivity contribution in [1.29, 1.82) is 0 Å². The van der Waals surface area contributed by atoms with Crippen LogP contribution in [0.2, 0.25) is 5.02 Å². The van der Waals surface area contributed by atoms with Crippen LogP contribution in [0.1, 0.15) is 24.3 Å². The van der Waals surface area contributed by atoms with Crippen LogP contribution in [-0.4, -0.2) is 17.2 Å². The maximum Gasteiger partial charge on any atom is 0.337 e. The molecule has 21 heavy (non-hydrogen) atoms. The highest BCUT2D eigenvalue weighted by atomic mass is 35.5. The summed E-state index contributed by atoms with van der Waals surface area (Å²) < 4.78 is 5.71. The van der Waals surface area contributed by atoms with Crippen molar-refractivity contribution in [2.45, 2.75) is 20.0 Å². The first-order chi connectivity index (χ1) is 9.97. The van der Waals surface area contributed by atoms with E-state index in [1.807, 2.05) is 25.3 Å². The van der Waals surface area contributed by atoms with Gasteiger partial charge < -0.3 is 9.84 Å². The highest BCUT2D eigenvalue weighted by molar-refractivity contribution is 7.11. The Labute approximate surface area is 132 Å². The van der Waals surface area contributed by atoms with Crippen molar-refractivity contribution >= 4 is 40.6 Å². The number of halogens is 1. The zero-order chi connectivity index (χ0) is 15.4. The fourth-order valence-electron chi connectivity index (χ4n) is 1.82. The molecule has 1 heterocycles. The standard InChI is InChI=1S/C16H15ClO3S/c1-10(2)20-14-6-5-12(17)8-11(14)9-13(16(18)19)15-4-3-7-21-15/h3-10H,1-2H3,(H,18,19)/b13-9-. The van der Waals surface area contributed by atoms with Crippen LogP contribution in [-0.2, 0) is 4.79 Å². The van der Waals surface area contributed by atoms with Crippen LogP contribution in [0, 0.1) is 0 Å². The number of ether oxygens (including phenoxy) is 1. The number of hydrogen-bond donors (Lipinski definition) is 1. The van der Waals surface area contributed by atoms with E-state index in [0.29, 0.717) is 21.2 Å². The van der Waals surface area contributed by atoms with E-state index >= 15 is 0 Å². The molecule has 0 saturated heterocycles. The average Bonchev–Trinajstić information content (AvgIpc) is 2.91. The third-order valence-corrected chi connectivity index (χ3v) is 3.79. The van der Waals surface area contributed by atoms with Gasteiger partial charge in [-0.1, -0.05) is 17.7 Å². The molecule has 0 atom stereocenters. The Kier molecular flexibility index (Phi) is 5.04. The van der Waals surface area contributed by atoms with E-state index in [2.05, 4.69) is 0 Å². The van der Waals surface area contributed by atoms with Gasteiger partial charge in [-0.2, -0.15) is 0 Å². The highest BCUT2D eigenvalue weighted by Gasteiger charge is 2.14. The number of rotatable bonds is 5. The number of carboxylic acids is 1. The van der Waals surface area contributed by atoms with Gasteiger partial charge in [0.05, 0.1) is 11.7 Å². The summed E-state index contributed by atoms with van der Waals surface area (Å²) in [6.07, 6.45) is 1.59. The molecule has 0 unspecified atom stereocenters. The normalized spacial score (nSPS) is 11.7. The van der Waals surface area contributed by atoms with Gasteiger partial charge in [0.15, 0.2) is 0 Å². The van der Waals surface area contributed by atoms with Gasteiger partial charge >= 0.3 is 5.97 Å². The Morgan fingerprint density at radius 1 is 1.38 bits per heavy atom. The van der Waals surface area contributed by atoms with E-state index in [1.165, 1.54) is 11.3 Å². The summed E-state index contributed by atoms with van der Waals surface area (Å²) in [4.78, 5) is 12.2. The van der Waals surface area contributed by atoms with Crippen molar-refractivity contribution in [3.8, 4) is 5.75 Å². The molecule has 2 aromatic rings. The molecule has 0 radical (unpaired) electrons.